The minimum absolute atomic E-state index is 0.141. The van der Waals surface area contributed by atoms with Crippen molar-refractivity contribution in [2.45, 2.75) is 18.4 Å². The number of carbonyl (C=O) groups is 3. The Morgan fingerprint density at radius 1 is 0.875 bits per heavy atom. The van der Waals surface area contributed by atoms with Crippen LogP contribution in [0.25, 0.3) is 0 Å². The first kappa shape index (κ1) is 18.8. The van der Waals surface area contributed by atoms with Gasteiger partial charge in [0.15, 0.2) is 5.60 Å². The average molecular weight is 425 g/mol. The van der Waals surface area contributed by atoms with Gasteiger partial charge in [-0.25, -0.2) is 4.90 Å². The summed E-state index contributed by atoms with van der Waals surface area (Å²) in [5.41, 5.74) is 1.97. The van der Waals surface area contributed by atoms with Crippen LogP contribution in [0.15, 0.2) is 72.8 Å². The lowest BCUT2D eigenvalue weighted by molar-refractivity contribution is -0.167. The number of carbonyl (C=O) groups excluding carboxylic acids is 3. The highest BCUT2D eigenvalue weighted by atomic mass is 16.6. The number of nitrogens with zero attached hydrogens (tertiary/aromatic N) is 1. The highest BCUT2D eigenvalue weighted by Crippen LogP contribution is 2.64. The number of ether oxygens (including phenoxy) is 1. The predicted octanol–water partition coefficient (Wildman–Crippen LogP) is 3.46. The Kier molecular flexibility index (Phi) is 3.70. The summed E-state index contributed by atoms with van der Waals surface area (Å²) in [6, 6.07) is 21.4. The van der Waals surface area contributed by atoms with E-state index in [4.69, 9.17) is 4.74 Å². The Morgan fingerprint density at radius 2 is 1.44 bits per heavy atom. The fraction of sp³-hybridized carbons (Fsp3) is 0.192. The van der Waals surface area contributed by atoms with Crippen molar-refractivity contribution in [1.82, 2.24) is 0 Å². The number of rotatable bonds is 2. The second-order valence-electron chi connectivity index (χ2n) is 8.49. The van der Waals surface area contributed by atoms with Crippen LogP contribution in [0.2, 0.25) is 0 Å². The lowest BCUT2D eigenvalue weighted by atomic mass is 9.52. The first-order chi connectivity index (χ1) is 15.5. The summed E-state index contributed by atoms with van der Waals surface area (Å²) in [6.45, 7) is 1.32. The van der Waals surface area contributed by atoms with Gasteiger partial charge in [-0.2, -0.15) is 0 Å². The molecule has 2 atom stereocenters. The molecule has 2 bridgehead atoms. The number of esters is 1. The first-order valence-electron chi connectivity index (χ1n) is 10.5. The van der Waals surface area contributed by atoms with Crippen molar-refractivity contribution in [2.75, 3.05) is 4.90 Å². The summed E-state index contributed by atoms with van der Waals surface area (Å²) < 4.78 is 6.06. The molecule has 0 radical (unpaired) electrons. The second kappa shape index (κ2) is 6.29. The van der Waals surface area contributed by atoms with Crippen molar-refractivity contribution in [3.05, 3.63) is 95.1 Å². The summed E-state index contributed by atoms with van der Waals surface area (Å²) >= 11 is 0. The van der Waals surface area contributed by atoms with Crippen LogP contribution < -0.4 is 4.90 Å². The van der Waals surface area contributed by atoms with Crippen LogP contribution in [0.5, 0.6) is 5.75 Å². The summed E-state index contributed by atoms with van der Waals surface area (Å²) in [5.74, 6) is -3.58. The molecule has 7 rings (SSSR count). The van der Waals surface area contributed by atoms with Gasteiger partial charge < -0.3 is 9.84 Å². The Labute approximate surface area is 184 Å². The minimum Gasteiger partial charge on any atom is -0.506 e. The largest absolute Gasteiger partial charge is 0.506 e. The maximum Gasteiger partial charge on any atom is 0.303 e. The normalized spacial score (nSPS) is 27.0. The minimum atomic E-state index is -1.41. The van der Waals surface area contributed by atoms with Gasteiger partial charge in [0, 0.05) is 24.0 Å². The molecular formula is C26H19NO5. The zero-order valence-corrected chi connectivity index (χ0v) is 17.2. The van der Waals surface area contributed by atoms with Gasteiger partial charge in [-0.05, 0) is 23.3 Å². The summed E-state index contributed by atoms with van der Waals surface area (Å²) in [5, 5.41) is 10.4. The van der Waals surface area contributed by atoms with E-state index in [0.717, 1.165) is 27.2 Å². The molecule has 0 aromatic heterocycles. The molecule has 1 saturated heterocycles. The zero-order valence-electron chi connectivity index (χ0n) is 17.2. The topological polar surface area (TPSA) is 83.9 Å². The predicted molar refractivity (Wildman–Crippen MR) is 115 cm³/mol. The van der Waals surface area contributed by atoms with Gasteiger partial charge in [0.25, 0.3) is 0 Å². The van der Waals surface area contributed by atoms with Gasteiger partial charge in [0.05, 0.1) is 17.5 Å². The fourth-order valence-corrected chi connectivity index (χ4v) is 5.99. The number of aromatic hydroxyl groups is 1. The molecule has 3 aromatic carbocycles. The molecule has 3 aromatic rings. The molecule has 0 spiro atoms. The molecule has 1 fully saturated rings. The summed E-state index contributed by atoms with van der Waals surface area (Å²) in [7, 11) is 0. The molecule has 6 nitrogen and oxygen atoms in total. The fourth-order valence-electron chi connectivity index (χ4n) is 5.99. The second-order valence-corrected chi connectivity index (χ2v) is 8.49. The van der Waals surface area contributed by atoms with E-state index < -0.39 is 35.2 Å². The lowest BCUT2D eigenvalue weighted by Gasteiger charge is -2.52. The van der Waals surface area contributed by atoms with Crippen molar-refractivity contribution < 1.29 is 24.2 Å². The lowest BCUT2D eigenvalue weighted by Crippen LogP contribution is -2.55. The van der Waals surface area contributed by atoms with Crippen LogP contribution in [0, 0.1) is 11.8 Å². The van der Waals surface area contributed by atoms with Crippen molar-refractivity contribution in [3.63, 3.8) is 0 Å². The molecule has 1 N–H and O–H groups in total. The maximum atomic E-state index is 13.9. The van der Waals surface area contributed by atoms with Gasteiger partial charge in [0.1, 0.15) is 5.75 Å². The molecule has 2 amide bonds. The molecule has 0 unspecified atom stereocenters. The average Bonchev–Trinajstić information content (AvgIpc) is 3.05. The van der Waals surface area contributed by atoms with Gasteiger partial charge in [-0.3, -0.25) is 14.4 Å². The van der Waals surface area contributed by atoms with Gasteiger partial charge >= 0.3 is 5.97 Å². The molecule has 3 aliphatic carbocycles. The molecule has 32 heavy (non-hydrogen) atoms. The third-order valence-electron chi connectivity index (χ3n) is 6.97. The summed E-state index contributed by atoms with van der Waals surface area (Å²) in [6.07, 6.45) is 0. The van der Waals surface area contributed by atoms with Crippen molar-refractivity contribution in [1.29, 1.82) is 0 Å². The van der Waals surface area contributed by atoms with Crippen molar-refractivity contribution in [2.24, 2.45) is 11.8 Å². The maximum absolute atomic E-state index is 13.9. The van der Waals surface area contributed by atoms with E-state index in [2.05, 4.69) is 0 Å². The van der Waals surface area contributed by atoms with E-state index in [0.29, 0.717) is 0 Å². The highest BCUT2D eigenvalue weighted by molar-refractivity contribution is 6.24. The van der Waals surface area contributed by atoms with Crippen LogP contribution in [0.1, 0.15) is 35.1 Å². The van der Waals surface area contributed by atoms with E-state index in [1.807, 2.05) is 48.5 Å². The van der Waals surface area contributed by atoms with Gasteiger partial charge in [-0.1, -0.05) is 60.7 Å². The van der Waals surface area contributed by atoms with E-state index in [1.54, 1.807) is 18.2 Å². The van der Waals surface area contributed by atoms with Crippen LogP contribution in [-0.4, -0.2) is 22.9 Å². The third kappa shape index (κ3) is 2.11. The molecule has 4 aliphatic rings. The van der Waals surface area contributed by atoms with Crippen molar-refractivity contribution >= 4 is 23.5 Å². The number of anilines is 1. The smallest absolute Gasteiger partial charge is 0.303 e. The zero-order chi connectivity index (χ0) is 22.2. The number of amides is 2. The Balaban J connectivity index is 1.67. The number of imide groups is 1. The number of para-hydroxylation sites is 2. The van der Waals surface area contributed by atoms with E-state index in [9.17, 15) is 19.5 Å². The van der Waals surface area contributed by atoms with Crippen LogP contribution in [0.4, 0.5) is 5.69 Å². The van der Waals surface area contributed by atoms with E-state index >= 15 is 0 Å². The molecule has 158 valence electrons. The summed E-state index contributed by atoms with van der Waals surface area (Å²) in [4.78, 5) is 41.2. The third-order valence-corrected chi connectivity index (χ3v) is 6.97. The molecule has 1 aliphatic heterocycles. The SMILES string of the molecule is CC(=O)OC12c3ccccc3C(c3ccccc31)[C@H]1C(=O)N(c3ccccc3O)C(=O)[C@@H]12. The quantitative estimate of drug-likeness (QED) is 0.502. The van der Waals surface area contributed by atoms with Gasteiger partial charge in [-0.15, -0.1) is 0 Å². The van der Waals surface area contributed by atoms with Gasteiger partial charge in [0.2, 0.25) is 11.8 Å². The first-order valence-corrected chi connectivity index (χ1v) is 10.5. The highest BCUT2D eigenvalue weighted by Gasteiger charge is 2.70. The molecule has 6 heteroatoms. The molecular weight excluding hydrogens is 406 g/mol. The van der Waals surface area contributed by atoms with Crippen LogP contribution in [-0.2, 0) is 24.7 Å². The Hall–Kier alpha value is -3.93. The van der Waals surface area contributed by atoms with Crippen LogP contribution >= 0.6 is 0 Å². The number of hydrogen-bond acceptors (Lipinski definition) is 5. The number of benzene rings is 3. The molecule has 0 saturated carbocycles. The van der Waals surface area contributed by atoms with E-state index in [1.165, 1.54) is 13.0 Å². The van der Waals surface area contributed by atoms with Crippen LogP contribution in [0.3, 0.4) is 0 Å². The standard InChI is InChI=1S/C26H19NO5/c1-14(28)32-26-17-10-4-2-8-15(17)21(16-9-3-5-11-18(16)26)22-23(26)25(31)27(24(22)30)19-12-6-7-13-20(19)29/h2-13,21-23,29H,1H3/t21?,22-,23-,26?/m1/s1. The van der Waals surface area contributed by atoms with Crippen molar-refractivity contribution in [3.8, 4) is 5.75 Å². The Bertz CT molecular complexity index is 1280. The Morgan fingerprint density at radius 3 is 2.03 bits per heavy atom. The molecule has 1 heterocycles. The number of phenols is 1. The number of hydrogen-bond donors (Lipinski definition) is 1. The number of phenolic OH excluding ortho intramolecular Hbond substituents is 1. The van der Waals surface area contributed by atoms with E-state index in [-0.39, 0.29) is 17.4 Å². The monoisotopic (exact) mass is 425 g/mol.